The van der Waals surface area contributed by atoms with Crippen LogP contribution in [-0.2, 0) is 6.54 Å². The highest BCUT2D eigenvalue weighted by Gasteiger charge is 2.10. The Morgan fingerprint density at radius 2 is 1.65 bits per heavy atom. The van der Waals surface area contributed by atoms with E-state index >= 15 is 0 Å². The predicted octanol–water partition coefficient (Wildman–Crippen LogP) is 4.43. The van der Waals surface area contributed by atoms with Gasteiger partial charge < -0.3 is 10.1 Å². The van der Waals surface area contributed by atoms with Crippen molar-refractivity contribution in [2.24, 2.45) is 0 Å². The molecule has 0 saturated heterocycles. The quantitative estimate of drug-likeness (QED) is 0.886. The molecule has 0 atom stereocenters. The van der Waals surface area contributed by atoms with Gasteiger partial charge in [-0.05, 0) is 57.5 Å². The Hall–Kier alpha value is -1.80. The van der Waals surface area contributed by atoms with Crippen molar-refractivity contribution in [1.29, 1.82) is 0 Å². The summed E-state index contributed by atoms with van der Waals surface area (Å²) in [6.07, 6.45) is 0. The molecule has 0 aliphatic carbocycles. The predicted molar refractivity (Wildman–Crippen MR) is 84.7 cm³/mol. The maximum Gasteiger partial charge on any atom is 0.133 e. The summed E-state index contributed by atoms with van der Waals surface area (Å²) >= 11 is 0. The van der Waals surface area contributed by atoms with Gasteiger partial charge in [0.25, 0.3) is 0 Å². The van der Waals surface area contributed by atoms with E-state index in [0.29, 0.717) is 0 Å². The van der Waals surface area contributed by atoms with E-state index in [9.17, 15) is 0 Å². The lowest BCUT2D eigenvalue weighted by atomic mass is 10.0. The lowest BCUT2D eigenvalue weighted by molar-refractivity contribution is 0.466. The van der Waals surface area contributed by atoms with Crippen LogP contribution in [0.1, 0.15) is 27.8 Å². The molecule has 2 aromatic rings. The third kappa shape index (κ3) is 3.02. The molecule has 2 rings (SSSR count). The van der Waals surface area contributed by atoms with Crippen LogP contribution in [0.3, 0.4) is 0 Å². The summed E-state index contributed by atoms with van der Waals surface area (Å²) in [5.41, 5.74) is 6.08. The van der Waals surface area contributed by atoms with Crippen LogP contribution < -0.4 is 10.1 Å². The molecule has 2 heteroatoms. The van der Waals surface area contributed by atoms with Gasteiger partial charge >= 0.3 is 0 Å². The lowest BCUT2D eigenvalue weighted by Crippen LogP contribution is -2.07. The zero-order valence-electron chi connectivity index (χ0n) is 13.0. The minimum atomic E-state index is 0.806. The first-order valence-electron chi connectivity index (χ1n) is 7.01. The van der Waals surface area contributed by atoms with Crippen molar-refractivity contribution in [2.75, 3.05) is 7.05 Å². The molecular formula is C18H23NO. The zero-order chi connectivity index (χ0) is 14.7. The van der Waals surface area contributed by atoms with E-state index in [1.807, 2.05) is 7.05 Å². The first-order valence-corrected chi connectivity index (χ1v) is 7.01. The summed E-state index contributed by atoms with van der Waals surface area (Å²) in [6, 6.07) is 10.6. The largest absolute Gasteiger partial charge is 0.456 e. The average molecular weight is 269 g/mol. The molecule has 0 aliphatic rings. The first-order chi connectivity index (χ1) is 9.52. The Labute approximate surface area is 121 Å². The molecule has 0 aromatic heterocycles. The maximum absolute atomic E-state index is 6.22. The van der Waals surface area contributed by atoms with E-state index in [1.54, 1.807) is 0 Å². The van der Waals surface area contributed by atoms with Gasteiger partial charge in [-0.25, -0.2) is 0 Å². The highest BCUT2D eigenvalue weighted by molar-refractivity contribution is 5.48. The van der Waals surface area contributed by atoms with E-state index in [2.05, 4.69) is 63.3 Å². The fourth-order valence-corrected chi connectivity index (χ4v) is 2.33. The zero-order valence-corrected chi connectivity index (χ0v) is 13.0. The minimum absolute atomic E-state index is 0.806. The van der Waals surface area contributed by atoms with E-state index in [0.717, 1.165) is 18.0 Å². The summed E-state index contributed by atoms with van der Waals surface area (Å²) in [4.78, 5) is 0. The van der Waals surface area contributed by atoms with Crippen molar-refractivity contribution in [3.8, 4) is 11.5 Å². The highest BCUT2D eigenvalue weighted by atomic mass is 16.5. The molecule has 0 aliphatic heterocycles. The third-order valence-electron chi connectivity index (χ3n) is 3.67. The van der Waals surface area contributed by atoms with Gasteiger partial charge in [-0.2, -0.15) is 0 Å². The molecule has 0 bridgehead atoms. The number of aryl methyl sites for hydroxylation is 3. The number of hydrogen-bond acceptors (Lipinski definition) is 2. The highest BCUT2D eigenvalue weighted by Crippen LogP contribution is 2.32. The van der Waals surface area contributed by atoms with Gasteiger partial charge in [0, 0.05) is 12.1 Å². The summed E-state index contributed by atoms with van der Waals surface area (Å²) in [7, 11) is 1.95. The van der Waals surface area contributed by atoms with Crippen LogP contribution in [0.2, 0.25) is 0 Å². The Kier molecular flexibility index (Phi) is 4.46. The fraction of sp³-hybridized carbons (Fsp3) is 0.333. The SMILES string of the molecule is CNCc1cc(C)ccc1Oc1c(C)ccc(C)c1C. The van der Waals surface area contributed by atoms with Crippen LogP contribution in [0, 0.1) is 27.7 Å². The number of nitrogens with one attached hydrogen (secondary N) is 1. The maximum atomic E-state index is 6.22. The molecule has 2 aromatic carbocycles. The van der Waals surface area contributed by atoms with Crippen molar-refractivity contribution in [3.05, 3.63) is 58.1 Å². The number of ether oxygens (including phenoxy) is 1. The second-order valence-electron chi connectivity index (χ2n) is 5.40. The number of rotatable bonds is 4. The van der Waals surface area contributed by atoms with Crippen LogP contribution >= 0.6 is 0 Å². The van der Waals surface area contributed by atoms with E-state index < -0.39 is 0 Å². The molecule has 0 saturated carbocycles. The van der Waals surface area contributed by atoms with E-state index in [-0.39, 0.29) is 0 Å². The smallest absolute Gasteiger partial charge is 0.133 e. The molecule has 20 heavy (non-hydrogen) atoms. The van der Waals surface area contributed by atoms with Gasteiger partial charge in [0.05, 0.1) is 0 Å². The van der Waals surface area contributed by atoms with Crippen molar-refractivity contribution >= 4 is 0 Å². The molecule has 2 nitrogen and oxygen atoms in total. The monoisotopic (exact) mass is 269 g/mol. The van der Waals surface area contributed by atoms with Crippen molar-refractivity contribution < 1.29 is 4.74 Å². The molecule has 106 valence electrons. The Morgan fingerprint density at radius 1 is 0.950 bits per heavy atom. The Bertz CT molecular complexity index is 617. The molecule has 0 radical (unpaired) electrons. The van der Waals surface area contributed by atoms with Gasteiger partial charge in [0.15, 0.2) is 0 Å². The summed E-state index contributed by atoms with van der Waals surface area (Å²) in [5, 5.41) is 3.20. The fourth-order valence-electron chi connectivity index (χ4n) is 2.33. The van der Waals surface area contributed by atoms with Crippen molar-refractivity contribution in [3.63, 3.8) is 0 Å². The molecule has 0 heterocycles. The second kappa shape index (κ2) is 6.10. The Morgan fingerprint density at radius 3 is 2.35 bits per heavy atom. The standard InChI is InChI=1S/C18H23NO/c1-12-6-9-17(16(10-12)11-19-5)20-18-14(3)8-7-13(2)15(18)4/h6-10,19H,11H2,1-5H3. The van der Waals surface area contributed by atoms with Gasteiger partial charge in [-0.15, -0.1) is 0 Å². The molecule has 0 spiro atoms. The second-order valence-corrected chi connectivity index (χ2v) is 5.40. The minimum Gasteiger partial charge on any atom is -0.456 e. The first kappa shape index (κ1) is 14.6. The lowest BCUT2D eigenvalue weighted by Gasteiger charge is -2.16. The third-order valence-corrected chi connectivity index (χ3v) is 3.67. The average Bonchev–Trinajstić information content (AvgIpc) is 2.42. The van der Waals surface area contributed by atoms with Crippen molar-refractivity contribution in [2.45, 2.75) is 34.2 Å². The van der Waals surface area contributed by atoms with Gasteiger partial charge in [0.1, 0.15) is 11.5 Å². The summed E-state index contributed by atoms with van der Waals surface area (Å²) in [5.74, 6) is 1.91. The van der Waals surface area contributed by atoms with Crippen molar-refractivity contribution in [1.82, 2.24) is 5.32 Å². The molecule has 1 N–H and O–H groups in total. The normalized spacial score (nSPS) is 10.7. The van der Waals surface area contributed by atoms with Gasteiger partial charge in [-0.1, -0.05) is 29.8 Å². The van der Waals surface area contributed by atoms with Crippen LogP contribution in [0.25, 0.3) is 0 Å². The number of hydrogen-bond donors (Lipinski definition) is 1. The van der Waals surface area contributed by atoms with E-state index in [1.165, 1.54) is 27.8 Å². The van der Waals surface area contributed by atoms with Crippen LogP contribution in [0.4, 0.5) is 0 Å². The van der Waals surface area contributed by atoms with Crippen LogP contribution in [0.15, 0.2) is 30.3 Å². The summed E-state index contributed by atoms with van der Waals surface area (Å²) in [6.45, 7) is 9.23. The molecule has 0 amide bonds. The molecular weight excluding hydrogens is 246 g/mol. The summed E-state index contributed by atoms with van der Waals surface area (Å²) < 4.78 is 6.22. The van der Waals surface area contributed by atoms with Crippen LogP contribution in [-0.4, -0.2) is 7.05 Å². The van der Waals surface area contributed by atoms with Crippen LogP contribution in [0.5, 0.6) is 11.5 Å². The Balaban J connectivity index is 2.42. The van der Waals surface area contributed by atoms with E-state index in [4.69, 9.17) is 4.74 Å². The topological polar surface area (TPSA) is 21.3 Å². The number of benzene rings is 2. The van der Waals surface area contributed by atoms with Gasteiger partial charge in [-0.3, -0.25) is 0 Å². The molecule has 0 fully saturated rings. The molecule has 0 unspecified atom stereocenters. The van der Waals surface area contributed by atoms with Gasteiger partial charge in [0.2, 0.25) is 0 Å².